The maximum absolute atomic E-state index is 11.5. The Bertz CT molecular complexity index is 619. The van der Waals surface area contributed by atoms with Crippen LogP contribution in [0.2, 0.25) is 0 Å². The average molecular weight is 284 g/mol. The van der Waals surface area contributed by atoms with Crippen molar-refractivity contribution in [3.05, 3.63) is 65.2 Å². The summed E-state index contributed by atoms with van der Waals surface area (Å²) in [5, 5.41) is 9.44. The molecule has 1 unspecified atom stereocenters. The Hall–Kier alpha value is -2.29. The van der Waals surface area contributed by atoms with Crippen molar-refractivity contribution in [2.24, 2.45) is 0 Å². The predicted octanol–water partition coefficient (Wildman–Crippen LogP) is 3.94. The fourth-order valence-electron chi connectivity index (χ4n) is 2.39. The van der Waals surface area contributed by atoms with E-state index in [0.717, 1.165) is 22.4 Å². The second-order valence-electron chi connectivity index (χ2n) is 5.20. The molecule has 0 spiro atoms. The molecule has 0 saturated heterocycles. The van der Waals surface area contributed by atoms with Gasteiger partial charge in [0.05, 0.1) is 12.5 Å². The van der Waals surface area contributed by atoms with Gasteiger partial charge in [-0.05, 0) is 49.1 Å². The Labute approximate surface area is 125 Å². The maximum Gasteiger partial charge on any atom is 0.311 e. The van der Waals surface area contributed by atoms with E-state index in [-0.39, 0.29) is 0 Å². The summed E-state index contributed by atoms with van der Waals surface area (Å²) in [5.74, 6) is -0.558. The van der Waals surface area contributed by atoms with Gasteiger partial charge in [0.1, 0.15) is 5.75 Å². The molecular formula is C18H20O3. The van der Waals surface area contributed by atoms with Crippen molar-refractivity contribution >= 4 is 5.97 Å². The quantitative estimate of drug-likeness (QED) is 0.874. The number of rotatable bonds is 6. The van der Waals surface area contributed by atoms with Crippen LogP contribution in [-0.4, -0.2) is 17.7 Å². The number of hydrogen-bond donors (Lipinski definition) is 1. The molecule has 1 atom stereocenters. The fourth-order valence-corrected chi connectivity index (χ4v) is 2.39. The van der Waals surface area contributed by atoms with Gasteiger partial charge in [0.15, 0.2) is 0 Å². The Morgan fingerprint density at radius 1 is 1.14 bits per heavy atom. The Kier molecular flexibility index (Phi) is 4.99. The van der Waals surface area contributed by atoms with E-state index < -0.39 is 11.9 Å². The zero-order chi connectivity index (χ0) is 15.2. The number of ether oxygens (including phenoxy) is 1. The minimum Gasteiger partial charge on any atom is -0.494 e. The van der Waals surface area contributed by atoms with E-state index in [1.54, 1.807) is 0 Å². The highest BCUT2D eigenvalue weighted by Gasteiger charge is 2.21. The molecule has 3 nitrogen and oxygen atoms in total. The highest BCUT2D eigenvalue weighted by molar-refractivity contribution is 5.76. The van der Waals surface area contributed by atoms with E-state index in [1.807, 2.05) is 62.4 Å². The molecule has 0 heterocycles. The molecule has 0 radical (unpaired) electrons. The molecule has 0 aliphatic carbocycles. The van der Waals surface area contributed by atoms with Gasteiger partial charge in [-0.25, -0.2) is 0 Å². The second kappa shape index (κ2) is 6.93. The lowest BCUT2D eigenvalue weighted by Crippen LogP contribution is -2.16. The third kappa shape index (κ3) is 4.09. The summed E-state index contributed by atoms with van der Waals surface area (Å²) in [6.45, 7) is 4.32. The van der Waals surface area contributed by atoms with Gasteiger partial charge >= 0.3 is 5.97 Å². The van der Waals surface area contributed by atoms with Gasteiger partial charge in [0.2, 0.25) is 0 Å². The molecule has 1 N–H and O–H groups in total. The third-order valence-corrected chi connectivity index (χ3v) is 3.53. The fraction of sp³-hybridized carbons (Fsp3) is 0.278. The van der Waals surface area contributed by atoms with Crippen LogP contribution in [0.5, 0.6) is 5.75 Å². The standard InChI is InChI=1S/C18H20O3/c1-13-6-5-8-15(12-13)21-11-10-17(18(19)20)16-9-4-3-7-14(16)2/h3-9,12,17H,10-11H2,1-2H3,(H,19,20). The monoisotopic (exact) mass is 284 g/mol. The van der Waals surface area contributed by atoms with E-state index in [0.29, 0.717) is 13.0 Å². The highest BCUT2D eigenvalue weighted by Crippen LogP contribution is 2.24. The molecule has 0 saturated carbocycles. The zero-order valence-corrected chi connectivity index (χ0v) is 12.4. The van der Waals surface area contributed by atoms with Crippen molar-refractivity contribution in [3.8, 4) is 5.75 Å². The number of carboxylic acids is 1. The first kappa shape index (κ1) is 15.1. The minimum absolute atomic E-state index is 0.384. The van der Waals surface area contributed by atoms with Crippen molar-refractivity contribution in [1.29, 1.82) is 0 Å². The van der Waals surface area contributed by atoms with Gasteiger partial charge in [-0.1, -0.05) is 36.4 Å². The normalized spacial score (nSPS) is 11.9. The minimum atomic E-state index is -0.808. The number of aliphatic carboxylic acids is 1. The summed E-state index contributed by atoms with van der Waals surface area (Å²) in [6.07, 6.45) is 0.453. The lowest BCUT2D eigenvalue weighted by atomic mass is 9.92. The van der Waals surface area contributed by atoms with Crippen molar-refractivity contribution in [1.82, 2.24) is 0 Å². The molecule has 2 aromatic rings. The molecule has 2 aromatic carbocycles. The lowest BCUT2D eigenvalue weighted by Gasteiger charge is -2.15. The molecule has 21 heavy (non-hydrogen) atoms. The van der Waals surface area contributed by atoms with E-state index >= 15 is 0 Å². The summed E-state index contributed by atoms with van der Waals surface area (Å²) in [6, 6.07) is 15.4. The average Bonchev–Trinajstić information content (AvgIpc) is 2.44. The number of carboxylic acid groups (broad SMARTS) is 1. The summed E-state index contributed by atoms with van der Waals surface area (Å²) < 4.78 is 5.67. The molecule has 2 rings (SSSR count). The molecule has 0 fully saturated rings. The third-order valence-electron chi connectivity index (χ3n) is 3.53. The summed E-state index contributed by atoms with van der Waals surface area (Å²) in [4.78, 5) is 11.5. The van der Waals surface area contributed by atoms with Crippen molar-refractivity contribution in [3.63, 3.8) is 0 Å². The molecule has 0 bridgehead atoms. The first-order valence-electron chi connectivity index (χ1n) is 7.05. The Balaban J connectivity index is 2.02. The molecular weight excluding hydrogens is 264 g/mol. The number of aryl methyl sites for hydroxylation is 2. The van der Waals surface area contributed by atoms with Crippen LogP contribution >= 0.6 is 0 Å². The molecule has 110 valence electrons. The van der Waals surface area contributed by atoms with Gasteiger partial charge < -0.3 is 9.84 Å². The van der Waals surface area contributed by atoms with Crippen LogP contribution < -0.4 is 4.74 Å². The number of benzene rings is 2. The molecule has 0 aromatic heterocycles. The SMILES string of the molecule is Cc1cccc(OCCC(C(=O)O)c2ccccc2C)c1. The summed E-state index contributed by atoms with van der Waals surface area (Å²) >= 11 is 0. The first-order valence-corrected chi connectivity index (χ1v) is 7.05. The number of hydrogen-bond acceptors (Lipinski definition) is 2. The smallest absolute Gasteiger partial charge is 0.311 e. The van der Waals surface area contributed by atoms with Crippen LogP contribution in [0.15, 0.2) is 48.5 Å². The van der Waals surface area contributed by atoms with Gasteiger partial charge in [-0.3, -0.25) is 4.79 Å². The topological polar surface area (TPSA) is 46.5 Å². The van der Waals surface area contributed by atoms with E-state index in [2.05, 4.69) is 0 Å². The Morgan fingerprint density at radius 3 is 2.57 bits per heavy atom. The summed E-state index contributed by atoms with van der Waals surface area (Å²) in [7, 11) is 0. The molecule has 0 aliphatic rings. The van der Waals surface area contributed by atoms with E-state index in [9.17, 15) is 9.90 Å². The highest BCUT2D eigenvalue weighted by atomic mass is 16.5. The van der Waals surface area contributed by atoms with E-state index in [1.165, 1.54) is 0 Å². The van der Waals surface area contributed by atoms with Gasteiger partial charge in [0.25, 0.3) is 0 Å². The Morgan fingerprint density at radius 2 is 1.90 bits per heavy atom. The van der Waals surface area contributed by atoms with Gasteiger partial charge in [-0.15, -0.1) is 0 Å². The van der Waals surface area contributed by atoms with Crippen LogP contribution in [-0.2, 0) is 4.79 Å². The van der Waals surface area contributed by atoms with Crippen molar-refractivity contribution < 1.29 is 14.6 Å². The van der Waals surface area contributed by atoms with Crippen LogP contribution in [0.25, 0.3) is 0 Å². The molecule has 3 heteroatoms. The molecule has 0 aliphatic heterocycles. The summed E-state index contributed by atoms with van der Waals surface area (Å²) in [5.41, 5.74) is 2.99. The maximum atomic E-state index is 11.5. The number of carbonyl (C=O) groups is 1. The van der Waals surface area contributed by atoms with Crippen molar-refractivity contribution in [2.45, 2.75) is 26.2 Å². The lowest BCUT2D eigenvalue weighted by molar-refractivity contribution is -0.139. The second-order valence-corrected chi connectivity index (χ2v) is 5.20. The van der Waals surface area contributed by atoms with Gasteiger partial charge in [-0.2, -0.15) is 0 Å². The van der Waals surface area contributed by atoms with Crippen LogP contribution in [0.1, 0.15) is 29.0 Å². The predicted molar refractivity (Wildman–Crippen MR) is 82.8 cm³/mol. The van der Waals surface area contributed by atoms with E-state index in [4.69, 9.17) is 4.74 Å². The van der Waals surface area contributed by atoms with Gasteiger partial charge in [0, 0.05) is 0 Å². The largest absolute Gasteiger partial charge is 0.494 e. The zero-order valence-electron chi connectivity index (χ0n) is 12.4. The van der Waals surface area contributed by atoms with Crippen molar-refractivity contribution in [2.75, 3.05) is 6.61 Å². The van der Waals surface area contributed by atoms with Crippen LogP contribution in [0, 0.1) is 13.8 Å². The first-order chi connectivity index (χ1) is 10.1. The van der Waals surface area contributed by atoms with Crippen LogP contribution in [0.3, 0.4) is 0 Å². The molecule has 0 amide bonds. The van der Waals surface area contributed by atoms with Crippen LogP contribution in [0.4, 0.5) is 0 Å².